The zero-order chi connectivity index (χ0) is 20.2. The number of hydrogen-bond acceptors (Lipinski definition) is 4. The summed E-state index contributed by atoms with van der Waals surface area (Å²) in [5.74, 6) is -0.854. The largest absolute Gasteiger partial charge is 0.497 e. The first kappa shape index (κ1) is 20.9. The number of halogens is 1. The molecule has 8 heteroatoms. The van der Waals surface area contributed by atoms with Crippen LogP contribution in [-0.4, -0.2) is 27.5 Å². The summed E-state index contributed by atoms with van der Waals surface area (Å²) in [5.41, 5.74) is 0.972. The average Bonchev–Trinajstić information content (AvgIpc) is 2.62. The Kier molecular flexibility index (Phi) is 6.56. The van der Waals surface area contributed by atoms with Gasteiger partial charge in [0.05, 0.1) is 12.0 Å². The number of sulfonamides is 1. The highest BCUT2D eigenvalue weighted by Gasteiger charge is 2.28. The van der Waals surface area contributed by atoms with Crippen molar-refractivity contribution in [3.8, 4) is 5.75 Å². The van der Waals surface area contributed by atoms with Crippen LogP contribution in [0, 0.1) is 18.7 Å². The smallest absolute Gasteiger partial charge is 0.242 e. The Morgan fingerprint density at radius 1 is 1.11 bits per heavy atom. The van der Waals surface area contributed by atoms with Crippen molar-refractivity contribution in [1.29, 1.82) is 0 Å². The first-order chi connectivity index (χ1) is 12.6. The number of ether oxygens (including phenoxy) is 1. The minimum absolute atomic E-state index is 0.0173. The molecule has 0 aromatic heterocycles. The molecule has 2 aromatic rings. The molecule has 2 rings (SSSR count). The second kappa shape index (κ2) is 8.49. The van der Waals surface area contributed by atoms with Crippen LogP contribution in [-0.2, 0) is 14.8 Å². The minimum atomic E-state index is -3.93. The van der Waals surface area contributed by atoms with Gasteiger partial charge in [-0.3, -0.25) is 4.79 Å². The van der Waals surface area contributed by atoms with Crippen molar-refractivity contribution < 1.29 is 22.3 Å². The van der Waals surface area contributed by atoms with Crippen LogP contribution in [0.4, 0.5) is 10.1 Å². The third kappa shape index (κ3) is 5.27. The molecule has 6 nitrogen and oxygen atoms in total. The highest BCUT2D eigenvalue weighted by molar-refractivity contribution is 7.89. The predicted molar refractivity (Wildman–Crippen MR) is 102 cm³/mol. The topological polar surface area (TPSA) is 84.5 Å². The Balaban J connectivity index is 2.23. The average molecular weight is 394 g/mol. The Morgan fingerprint density at radius 2 is 1.74 bits per heavy atom. The Hall–Kier alpha value is -2.45. The van der Waals surface area contributed by atoms with Gasteiger partial charge in [0.1, 0.15) is 17.6 Å². The molecule has 0 aliphatic heterocycles. The SMILES string of the molecule is COc1ccc(S(=O)(=O)N[C@H](C(=O)Nc2cc(F)ccc2C)C(C)C)cc1. The maximum atomic E-state index is 13.4. The summed E-state index contributed by atoms with van der Waals surface area (Å²) in [6.45, 7) is 5.17. The van der Waals surface area contributed by atoms with Gasteiger partial charge in [0.25, 0.3) is 0 Å². The van der Waals surface area contributed by atoms with Crippen LogP contribution in [0.15, 0.2) is 47.4 Å². The third-order valence-corrected chi connectivity index (χ3v) is 5.52. The van der Waals surface area contributed by atoms with Crippen LogP contribution in [0.5, 0.6) is 5.75 Å². The van der Waals surface area contributed by atoms with Crippen LogP contribution in [0.3, 0.4) is 0 Å². The molecule has 2 aromatic carbocycles. The van der Waals surface area contributed by atoms with Crippen molar-refractivity contribution in [2.45, 2.75) is 31.7 Å². The zero-order valence-corrected chi connectivity index (χ0v) is 16.4. The molecular weight excluding hydrogens is 371 g/mol. The summed E-state index contributed by atoms with van der Waals surface area (Å²) < 4.78 is 46.1. The molecule has 146 valence electrons. The maximum absolute atomic E-state index is 13.4. The number of hydrogen-bond donors (Lipinski definition) is 2. The quantitative estimate of drug-likeness (QED) is 0.756. The van der Waals surface area contributed by atoms with Gasteiger partial charge in [-0.25, -0.2) is 12.8 Å². The van der Waals surface area contributed by atoms with Crippen LogP contribution in [0.1, 0.15) is 19.4 Å². The van der Waals surface area contributed by atoms with Crippen molar-refractivity contribution in [3.63, 3.8) is 0 Å². The van der Waals surface area contributed by atoms with E-state index >= 15 is 0 Å². The van der Waals surface area contributed by atoms with E-state index in [0.717, 1.165) is 0 Å². The van der Waals surface area contributed by atoms with E-state index in [-0.39, 0.29) is 10.8 Å². The maximum Gasteiger partial charge on any atom is 0.242 e. The van der Waals surface area contributed by atoms with Gasteiger partial charge in [0, 0.05) is 5.69 Å². The summed E-state index contributed by atoms with van der Waals surface area (Å²) in [5, 5.41) is 2.60. The van der Waals surface area contributed by atoms with Crippen molar-refractivity contribution in [3.05, 3.63) is 53.8 Å². The standard InChI is InChI=1S/C19H23FN2O4S/c1-12(2)18(19(23)21-17-11-14(20)6-5-13(17)3)22-27(24,25)16-9-7-15(26-4)8-10-16/h5-12,18,22H,1-4H3,(H,21,23)/t18-/m0/s1. The molecule has 0 unspecified atom stereocenters. The molecule has 0 radical (unpaired) electrons. The molecule has 1 amide bonds. The number of carbonyl (C=O) groups excluding carboxylic acids is 1. The molecule has 0 spiro atoms. The summed E-state index contributed by atoms with van der Waals surface area (Å²) in [4.78, 5) is 12.7. The molecule has 0 fully saturated rings. The molecule has 0 saturated heterocycles. The number of anilines is 1. The number of rotatable bonds is 7. The van der Waals surface area contributed by atoms with E-state index in [4.69, 9.17) is 4.74 Å². The lowest BCUT2D eigenvalue weighted by atomic mass is 10.0. The Labute approximate surface area is 158 Å². The molecule has 0 aliphatic carbocycles. The van der Waals surface area contributed by atoms with Crippen molar-refractivity contribution in [2.24, 2.45) is 5.92 Å². The minimum Gasteiger partial charge on any atom is -0.497 e. The van der Waals surface area contributed by atoms with E-state index < -0.39 is 27.8 Å². The van der Waals surface area contributed by atoms with Gasteiger partial charge in [-0.2, -0.15) is 4.72 Å². The summed E-state index contributed by atoms with van der Waals surface area (Å²) in [7, 11) is -2.44. The van der Waals surface area contributed by atoms with Gasteiger partial charge in [0.2, 0.25) is 15.9 Å². The summed E-state index contributed by atoms with van der Waals surface area (Å²) in [6.07, 6.45) is 0. The van der Waals surface area contributed by atoms with E-state index in [9.17, 15) is 17.6 Å². The van der Waals surface area contributed by atoms with Crippen molar-refractivity contribution in [2.75, 3.05) is 12.4 Å². The number of methoxy groups -OCH3 is 1. The fourth-order valence-corrected chi connectivity index (χ4v) is 3.77. The highest BCUT2D eigenvalue weighted by Crippen LogP contribution is 2.19. The predicted octanol–water partition coefficient (Wildman–Crippen LogP) is 3.08. The Bertz CT molecular complexity index is 912. The second-order valence-corrected chi connectivity index (χ2v) is 8.18. The van der Waals surface area contributed by atoms with E-state index in [2.05, 4.69) is 10.0 Å². The van der Waals surface area contributed by atoms with Crippen LogP contribution in [0.25, 0.3) is 0 Å². The first-order valence-electron chi connectivity index (χ1n) is 8.37. The van der Waals surface area contributed by atoms with Crippen molar-refractivity contribution in [1.82, 2.24) is 4.72 Å². The third-order valence-electron chi connectivity index (χ3n) is 4.06. The van der Waals surface area contributed by atoms with E-state index in [1.807, 2.05) is 0 Å². The molecular formula is C19H23FN2O4S. The Morgan fingerprint density at radius 3 is 2.30 bits per heavy atom. The number of benzene rings is 2. The van der Waals surface area contributed by atoms with Gasteiger partial charge in [-0.15, -0.1) is 0 Å². The monoisotopic (exact) mass is 394 g/mol. The van der Waals surface area contributed by atoms with E-state index in [0.29, 0.717) is 17.0 Å². The summed E-state index contributed by atoms with van der Waals surface area (Å²) in [6, 6.07) is 8.83. The number of aryl methyl sites for hydroxylation is 1. The van der Waals surface area contributed by atoms with E-state index in [1.165, 1.54) is 49.6 Å². The van der Waals surface area contributed by atoms with Gasteiger partial charge >= 0.3 is 0 Å². The van der Waals surface area contributed by atoms with Crippen LogP contribution < -0.4 is 14.8 Å². The lowest BCUT2D eigenvalue weighted by Gasteiger charge is -2.22. The van der Waals surface area contributed by atoms with Gasteiger partial charge < -0.3 is 10.1 Å². The normalized spacial score (nSPS) is 12.7. The van der Waals surface area contributed by atoms with Gasteiger partial charge in [-0.05, 0) is 54.8 Å². The van der Waals surface area contributed by atoms with Gasteiger partial charge in [-0.1, -0.05) is 19.9 Å². The molecule has 0 saturated carbocycles. The van der Waals surface area contributed by atoms with Gasteiger partial charge in [0.15, 0.2) is 0 Å². The molecule has 0 aliphatic rings. The van der Waals surface area contributed by atoms with Crippen LogP contribution >= 0.6 is 0 Å². The fraction of sp³-hybridized carbons (Fsp3) is 0.316. The molecule has 0 bridgehead atoms. The van der Waals surface area contributed by atoms with Crippen LogP contribution in [0.2, 0.25) is 0 Å². The lowest BCUT2D eigenvalue weighted by Crippen LogP contribution is -2.47. The lowest BCUT2D eigenvalue weighted by molar-refractivity contribution is -0.118. The fourth-order valence-electron chi connectivity index (χ4n) is 2.42. The molecule has 0 heterocycles. The summed E-state index contributed by atoms with van der Waals surface area (Å²) >= 11 is 0. The van der Waals surface area contributed by atoms with E-state index in [1.54, 1.807) is 20.8 Å². The molecule has 2 N–H and O–H groups in total. The number of amides is 1. The number of carbonyl (C=O) groups is 1. The first-order valence-corrected chi connectivity index (χ1v) is 9.86. The highest BCUT2D eigenvalue weighted by atomic mass is 32.2. The second-order valence-electron chi connectivity index (χ2n) is 6.47. The molecule has 1 atom stereocenters. The zero-order valence-electron chi connectivity index (χ0n) is 15.6. The van der Waals surface area contributed by atoms with Crippen molar-refractivity contribution >= 4 is 21.6 Å². The number of nitrogens with one attached hydrogen (secondary N) is 2. The molecule has 27 heavy (non-hydrogen) atoms.